The Labute approximate surface area is 172 Å². The highest BCUT2D eigenvalue weighted by atomic mass is 32.1. The van der Waals surface area contributed by atoms with E-state index in [-0.39, 0.29) is 11.7 Å². The summed E-state index contributed by atoms with van der Waals surface area (Å²) >= 11 is 2.64. The first-order valence-corrected chi connectivity index (χ1v) is 10.5. The highest BCUT2D eigenvalue weighted by Crippen LogP contribution is 2.31. The molecule has 5 aromatic rings. The fraction of sp³-hybridized carbons (Fsp3) is 0.100. The van der Waals surface area contributed by atoms with Crippen LogP contribution in [0.15, 0.2) is 60.9 Å². The van der Waals surface area contributed by atoms with Crippen molar-refractivity contribution in [3.63, 3.8) is 0 Å². The molecule has 9 heteroatoms. The van der Waals surface area contributed by atoms with Crippen molar-refractivity contribution < 1.29 is 9.18 Å². The molecule has 6 nitrogen and oxygen atoms in total. The van der Waals surface area contributed by atoms with Crippen LogP contribution in [-0.2, 0) is 6.54 Å². The third kappa shape index (κ3) is 3.50. The first-order valence-electron chi connectivity index (χ1n) is 8.88. The van der Waals surface area contributed by atoms with E-state index in [0.29, 0.717) is 33.4 Å². The van der Waals surface area contributed by atoms with Crippen LogP contribution in [0.25, 0.3) is 20.4 Å². The Morgan fingerprint density at radius 3 is 2.72 bits per heavy atom. The summed E-state index contributed by atoms with van der Waals surface area (Å²) in [5.41, 5.74) is 1.45. The molecule has 0 aliphatic carbocycles. The Balaban J connectivity index is 1.53. The molecule has 5 rings (SSSR count). The number of nitrogens with zero attached hydrogens (tertiary/aromatic N) is 5. The van der Waals surface area contributed by atoms with Gasteiger partial charge in [-0.25, -0.2) is 14.4 Å². The number of para-hydroxylation sites is 1. The minimum atomic E-state index is -0.326. The molecule has 0 spiro atoms. The number of carbonyl (C=O) groups is 1. The predicted octanol–water partition coefficient (Wildman–Crippen LogP) is 4.59. The SMILES string of the molecule is O=C(c1nc2ccccc2s1)N(CCn1cccn1)c1nc2ccc(F)cc2s1. The fourth-order valence-corrected chi connectivity index (χ4v) is 4.93. The molecule has 0 bridgehead atoms. The molecular weight excluding hydrogens is 409 g/mol. The maximum atomic E-state index is 13.6. The molecule has 2 aromatic carbocycles. The molecule has 0 saturated carbocycles. The van der Waals surface area contributed by atoms with E-state index in [0.717, 1.165) is 10.2 Å². The largest absolute Gasteiger partial charge is 0.289 e. The molecule has 144 valence electrons. The summed E-state index contributed by atoms with van der Waals surface area (Å²) in [6.45, 7) is 0.882. The average Bonchev–Trinajstić information content (AvgIpc) is 3.46. The number of rotatable bonds is 5. The van der Waals surface area contributed by atoms with E-state index in [2.05, 4.69) is 15.1 Å². The van der Waals surface area contributed by atoms with Gasteiger partial charge in [-0.05, 0) is 36.4 Å². The quantitative estimate of drug-likeness (QED) is 0.415. The number of halogens is 1. The lowest BCUT2D eigenvalue weighted by atomic mass is 10.3. The van der Waals surface area contributed by atoms with Gasteiger partial charge in [0.15, 0.2) is 10.1 Å². The zero-order chi connectivity index (χ0) is 19.8. The first kappa shape index (κ1) is 17.9. The van der Waals surface area contributed by atoms with Crippen molar-refractivity contribution in [3.05, 3.63) is 71.7 Å². The highest BCUT2D eigenvalue weighted by molar-refractivity contribution is 7.22. The Morgan fingerprint density at radius 2 is 1.90 bits per heavy atom. The Bertz CT molecular complexity index is 1280. The van der Waals surface area contributed by atoms with Gasteiger partial charge in [0.2, 0.25) is 0 Å². The molecule has 0 saturated heterocycles. The molecule has 0 unspecified atom stereocenters. The van der Waals surface area contributed by atoms with E-state index in [9.17, 15) is 9.18 Å². The molecule has 0 atom stereocenters. The van der Waals surface area contributed by atoms with Crippen molar-refractivity contribution >= 4 is 54.1 Å². The molecule has 3 aromatic heterocycles. The van der Waals surface area contributed by atoms with E-state index in [4.69, 9.17) is 0 Å². The third-order valence-corrected chi connectivity index (χ3v) is 6.47. The van der Waals surface area contributed by atoms with Crippen LogP contribution >= 0.6 is 22.7 Å². The maximum Gasteiger partial charge on any atom is 0.289 e. The standard InChI is InChI=1S/C20H14FN5OS2/c21-13-6-7-15-17(12-13)29-20(24-15)26(11-10-25-9-3-8-22-25)19(27)18-23-14-4-1-2-5-16(14)28-18/h1-9,12H,10-11H2. The van der Waals surface area contributed by atoms with Crippen molar-refractivity contribution in [2.45, 2.75) is 6.54 Å². The van der Waals surface area contributed by atoms with Crippen LogP contribution in [-0.4, -0.2) is 32.2 Å². The molecule has 0 N–H and O–H groups in total. The normalized spacial score (nSPS) is 11.3. The number of aromatic nitrogens is 4. The van der Waals surface area contributed by atoms with Gasteiger partial charge in [-0.15, -0.1) is 11.3 Å². The van der Waals surface area contributed by atoms with Crippen molar-refractivity contribution in [3.8, 4) is 0 Å². The summed E-state index contributed by atoms with van der Waals surface area (Å²) in [6, 6.07) is 13.9. The number of thiazole rings is 2. The second kappa shape index (κ2) is 7.34. The van der Waals surface area contributed by atoms with E-state index >= 15 is 0 Å². The van der Waals surface area contributed by atoms with Gasteiger partial charge in [-0.3, -0.25) is 14.4 Å². The average molecular weight is 423 g/mol. The molecule has 0 aliphatic rings. The van der Waals surface area contributed by atoms with Crippen LogP contribution in [0.2, 0.25) is 0 Å². The van der Waals surface area contributed by atoms with Gasteiger partial charge in [0.25, 0.3) is 5.91 Å². The Hall–Kier alpha value is -3.17. The summed E-state index contributed by atoms with van der Waals surface area (Å²) in [6.07, 6.45) is 3.54. The monoisotopic (exact) mass is 423 g/mol. The summed E-state index contributed by atoms with van der Waals surface area (Å²) in [5, 5.41) is 5.12. The minimum absolute atomic E-state index is 0.224. The van der Waals surface area contributed by atoms with Crippen LogP contribution < -0.4 is 4.90 Å². The number of hydrogen-bond acceptors (Lipinski definition) is 6. The number of amides is 1. The van der Waals surface area contributed by atoms with Gasteiger partial charge in [-0.1, -0.05) is 23.5 Å². The van der Waals surface area contributed by atoms with Gasteiger partial charge >= 0.3 is 0 Å². The van der Waals surface area contributed by atoms with Gasteiger partial charge in [-0.2, -0.15) is 5.10 Å². The molecule has 0 radical (unpaired) electrons. The molecule has 3 heterocycles. The predicted molar refractivity (Wildman–Crippen MR) is 113 cm³/mol. The summed E-state index contributed by atoms with van der Waals surface area (Å²) in [5.74, 6) is -0.550. The van der Waals surface area contributed by atoms with Crippen LogP contribution in [0.3, 0.4) is 0 Å². The second-order valence-corrected chi connectivity index (χ2v) is 8.36. The number of anilines is 1. The number of benzene rings is 2. The summed E-state index contributed by atoms with van der Waals surface area (Å²) < 4.78 is 17.0. The van der Waals surface area contributed by atoms with Crippen LogP contribution in [0.1, 0.15) is 9.80 Å². The zero-order valence-electron chi connectivity index (χ0n) is 15.0. The molecule has 0 aliphatic heterocycles. The molecular formula is C20H14FN5OS2. The van der Waals surface area contributed by atoms with E-state index in [1.807, 2.05) is 36.5 Å². The maximum absolute atomic E-state index is 13.6. The van der Waals surface area contributed by atoms with Crippen LogP contribution in [0.5, 0.6) is 0 Å². The van der Waals surface area contributed by atoms with Gasteiger partial charge < -0.3 is 0 Å². The number of hydrogen-bond donors (Lipinski definition) is 0. The first-order chi connectivity index (χ1) is 14.2. The Kier molecular flexibility index (Phi) is 4.53. The van der Waals surface area contributed by atoms with Gasteiger partial charge in [0.05, 0.1) is 27.0 Å². The second-order valence-electron chi connectivity index (χ2n) is 6.32. The fourth-order valence-electron chi connectivity index (χ4n) is 3.00. The highest BCUT2D eigenvalue weighted by Gasteiger charge is 2.24. The lowest BCUT2D eigenvalue weighted by Gasteiger charge is -2.18. The van der Waals surface area contributed by atoms with Crippen molar-refractivity contribution in [1.29, 1.82) is 0 Å². The van der Waals surface area contributed by atoms with Crippen LogP contribution in [0, 0.1) is 5.82 Å². The third-order valence-electron chi connectivity index (χ3n) is 4.40. The summed E-state index contributed by atoms with van der Waals surface area (Å²) in [7, 11) is 0. The minimum Gasteiger partial charge on any atom is -0.280 e. The van der Waals surface area contributed by atoms with Crippen LogP contribution in [0.4, 0.5) is 9.52 Å². The topological polar surface area (TPSA) is 63.9 Å². The van der Waals surface area contributed by atoms with E-state index in [1.165, 1.54) is 34.8 Å². The number of fused-ring (bicyclic) bond motifs is 2. The van der Waals surface area contributed by atoms with E-state index in [1.54, 1.807) is 21.8 Å². The Morgan fingerprint density at radius 1 is 1.03 bits per heavy atom. The lowest BCUT2D eigenvalue weighted by Crippen LogP contribution is -2.34. The van der Waals surface area contributed by atoms with Gasteiger partial charge in [0.1, 0.15) is 5.82 Å². The smallest absolute Gasteiger partial charge is 0.280 e. The van der Waals surface area contributed by atoms with Crippen molar-refractivity contribution in [1.82, 2.24) is 19.7 Å². The zero-order valence-corrected chi connectivity index (χ0v) is 16.7. The van der Waals surface area contributed by atoms with Crippen molar-refractivity contribution in [2.24, 2.45) is 0 Å². The lowest BCUT2D eigenvalue weighted by molar-refractivity contribution is 0.0985. The molecule has 0 fully saturated rings. The number of carbonyl (C=O) groups excluding carboxylic acids is 1. The van der Waals surface area contributed by atoms with Gasteiger partial charge in [0, 0.05) is 18.9 Å². The summed E-state index contributed by atoms with van der Waals surface area (Å²) in [4.78, 5) is 24.0. The van der Waals surface area contributed by atoms with Crippen molar-refractivity contribution in [2.75, 3.05) is 11.4 Å². The molecule has 1 amide bonds. The molecule has 29 heavy (non-hydrogen) atoms. The van der Waals surface area contributed by atoms with E-state index < -0.39 is 0 Å².